The number of hydrogen-bond acceptors (Lipinski definition) is 5. The Morgan fingerprint density at radius 2 is 1.71 bits per heavy atom. The topological polar surface area (TPSA) is 70.4 Å². The van der Waals surface area contributed by atoms with Gasteiger partial charge in [-0.15, -0.1) is 0 Å². The van der Waals surface area contributed by atoms with Crippen molar-refractivity contribution >= 4 is 5.97 Å². The standard InChI is InChI=1S/C22H22N2O4/c1-4-27-22(26)21-19(28-14-17-11-7-5-9-15(17)2)13-20(25)24(23-21)18-12-8-6-10-16(18)3/h5-13H,4,14H2,1-3H3. The van der Waals surface area contributed by atoms with Crippen molar-refractivity contribution in [1.82, 2.24) is 9.78 Å². The highest BCUT2D eigenvalue weighted by molar-refractivity contribution is 5.90. The molecule has 144 valence electrons. The van der Waals surface area contributed by atoms with Gasteiger partial charge in [0, 0.05) is 0 Å². The van der Waals surface area contributed by atoms with Crippen LogP contribution in [0.15, 0.2) is 59.4 Å². The lowest BCUT2D eigenvalue weighted by atomic mass is 10.1. The molecule has 0 unspecified atom stereocenters. The fourth-order valence-corrected chi connectivity index (χ4v) is 2.79. The molecule has 0 amide bonds. The second kappa shape index (κ2) is 8.52. The van der Waals surface area contributed by atoms with Gasteiger partial charge in [-0.25, -0.2) is 4.79 Å². The molecule has 0 saturated carbocycles. The lowest BCUT2D eigenvalue weighted by Crippen LogP contribution is -2.25. The van der Waals surface area contributed by atoms with E-state index < -0.39 is 5.97 Å². The Labute approximate surface area is 163 Å². The van der Waals surface area contributed by atoms with E-state index in [4.69, 9.17) is 9.47 Å². The number of rotatable bonds is 6. The minimum absolute atomic E-state index is 0.0294. The fourth-order valence-electron chi connectivity index (χ4n) is 2.79. The quantitative estimate of drug-likeness (QED) is 0.613. The van der Waals surface area contributed by atoms with E-state index in [0.29, 0.717) is 5.69 Å². The summed E-state index contributed by atoms with van der Waals surface area (Å²) in [4.78, 5) is 25.1. The zero-order valence-corrected chi connectivity index (χ0v) is 16.1. The minimum atomic E-state index is -0.635. The molecule has 1 aromatic heterocycles. The first kappa shape index (κ1) is 19.4. The number of hydrogen-bond donors (Lipinski definition) is 0. The molecule has 0 fully saturated rings. The first-order valence-corrected chi connectivity index (χ1v) is 9.06. The van der Waals surface area contributed by atoms with Gasteiger partial charge in [0.05, 0.1) is 18.4 Å². The summed E-state index contributed by atoms with van der Waals surface area (Å²) in [5, 5.41) is 4.26. The average molecular weight is 378 g/mol. The average Bonchev–Trinajstić information content (AvgIpc) is 2.68. The van der Waals surface area contributed by atoms with Gasteiger partial charge in [-0.1, -0.05) is 42.5 Å². The Morgan fingerprint density at radius 1 is 1.04 bits per heavy atom. The summed E-state index contributed by atoms with van der Waals surface area (Å²) >= 11 is 0. The van der Waals surface area contributed by atoms with Crippen LogP contribution in [-0.2, 0) is 11.3 Å². The third kappa shape index (κ3) is 4.11. The molecular formula is C22H22N2O4. The van der Waals surface area contributed by atoms with Gasteiger partial charge < -0.3 is 9.47 Å². The van der Waals surface area contributed by atoms with Crippen LogP contribution in [-0.4, -0.2) is 22.4 Å². The van der Waals surface area contributed by atoms with E-state index in [1.54, 1.807) is 13.0 Å². The van der Waals surface area contributed by atoms with Crippen LogP contribution in [0.3, 0.4) is 0 Å². The highest BCUT2D eigenvalue weighted by Crippen LogP contribution is 2.19. The number of para-hydroxylation sites is 1. The van der Waals surface area contributed by atoms with Crippen molar-refractivity contribution in [3.63, 3.8) is 0 Å². The molecule has 1 heterocycles. The SMILES string of the molecule is CCOC(=O)c1nn(-c2ccccc2C)c(=O)cc1OCc1ccccc1C. The lowest BCUT2D eigenvalue weighted by molar-refractivity contribution is 0.0511. The van der Waals surface area contributed by atoms with E-state index in [-0.39, 0.29) is 30.2 Å². The molecule has 0 aliphatic rings. The van der Waals surface area contributed by atoms with Gasteiger partial charge in [0.25, 0.3) is 5.56 Å². The number of benzene rings is 2. The highest BCUT2D eigenvalue weighted by Gasteiger charge is 2.20. The normalized spacial score (nSPS) is 10.5. The molecule has 6 nitrogen and oxygen atoms in total. The van der Waals surface area contributed by atoms with Gasteiger partial charge in [-0.3, -0.25) is 4.79 Å². The predicted molar refractivity (Wildman–Crippen MR) is 106 cm³/mol. The van der Waals surface area contributed by atoms with Gasteiger partial charge in [0.2, 0.25) is 5.69 Å². The third-order valence-electron chi connectivity index (χ3n) is 4.35. The zero-order chi connectivity index (χ0) is 20.1. The first-order chi connectivity index (χ1) is 13.5. The molecule has 3 aromatic rings. The maximum absolute atomic E-state index is 12.7. The van der Waals surface area contributed by atoms with Crippen LogP contribution in [0.5, 0.6) is 5.75 Å². The van der Waals surface area contributed by atoms with Crippen LogP contribution in [0.25, 0.3) is 5.69 Å². The summed E-state index contributed by atoms with van der Waals surface area (Å²) in [5.74, 6) is -0.527. The van der Waals surface area contributed by atoms with Crippen molar-refractivity contribution in [3.05, 3.63) is 87.3 Å². The molecule has 2 aromatic carbocycles. The van der Waals surface area contributed by atoms with Gasteiger partial charge in [0.1, 0.15) is 6.61 Å². The molecule has 0 N–H and O–H groups in total. The number of nitrogens with zero attached hydrogens (tertiary/aromatic N) is 2. The maximum Gasteiger partial charge on any atom is 0.362 e. The number of aryl methyl sites for hydroxylation is 2. The Hall–Kier alpha value is -3.41. The van der Waals surface area contributed by atoms with Crippen LogP contribution in [0.2, 0.25) is 0 Å². The number of carbonyl (C=O) groups excluding carboxylic acids is 1. The third-order valence-corrected chi connectivity index (χ3v) is 4.35. The van der Waals surface area contributed by atoms with Gasteiger partial charge in [-0.05, 0) is 43.5 Å². The molecule has 0 radical (unpaired) electrons. The monoisotopic (exact) mass is 378 g/mol. The van der Waals surface area contributed by atoms with Crippen molar-refractivity contribution in [1.29, 1.82) is 0 Å². The molecular weight excluding hydrogens is 356 g/mol. The van der Waals surface area contributed by atoms with Gasteiger partial charge in [-0.2, -0.15) is 9.78 Å². The second-order valence-corrected chi connectivity index (χ2v) is 6.33. The van der Waals surface area contributed by atoms with E-state index in [1.165, 1.54) is 10.7 Å². The lowest BCUT2D eigenvalue weighted by Gasteiger charge is -2.14. The summed E-state index contributed by atoms with van der Waals surface area (Å²) in [6, 6.07) is 16.4. The molecule has 3 rings (SSSR count). The molecule has 0 spiro atoms. The first-order valence-electron chi connectivity index (χ1n) is 9.06. The van der Waals surface area contributed by atoms with E-state index in [2.05, 4.69) is 5.10 Å². The van der Waals surface area contributed by atoms with Crippen molar-refractivity contribution in [2.75, 3.05) is 6.61 Å². The number of esters is 1. The Morgan fingerprint density at radius 3 is 2.39 bits per heavy atom. The summed E-state index contributed by atoms with van der Waals surface area (Å²) in [6.45, 7) is 5.97. The molecule has 28 heavy (non-hydrogen) atoms. The summed E-state index contributed by atoms with van der Waals surface area (Å²) in [6.07, 6.45) is 0. The predicted octanol–water partition coefficient (Wildman–Crippen LogP) is 3.61. The van der Waals surface area contributed by atoms with Crippen molar-refractivity contribution in [2.24, 2.45) is 0 Å². The van der Waals surface area contributed by atoms with Crippen LogP contribution in [0.4, 0.5) is 0 Å². The Kier molecular flexibility index (Phi) is 5.89. The fraction of sp³-hybridized carbons (Fsp3) is 0.227. The van der Waals surface area contributed by atoms with Crippen LogP contribution < -0.4 is 10.3 Å². The van der Waals surface area contributed by atoms with E-state index in [1.807, 2.05) is 56.3 Å². The highest BCUT2D eigenvalue weighted by atomic mass is 16.5. The summed E-state index contributed by atoms with van der Waals surface area (Å²) < 4.78 is 12.1. The molecule has 0 bridgehead atoms. The van der Waals surface area contributed by atoms with Crippen molar-refractivity contribution in [3.8, 4) is 11.4 Å². The minimum Gasteiger partial charge on any atom is -0.486 e. The molecule has 0 atom stereocenters. The number of aromatic nitrogens is 2. The summed E-state index contributed by atoms with van der Waals surface area (Å²) in [5.41, 5.74) is 3.06. The van der Waals surface area contributed by atoms with Crippen molar-refractivity contribution in [2.45, 2.75) is 27.4 Å². The molecule has 0 saturated heterocycles. The largest absolute Gasteiger partial charge is 0.486 e. The Bertz CT molecular complexity index is 1060. The van der Waals surface area contributed by atoms with Crippen molar-refractivity contribution < 1.29 is 14.3 Å². The second-order valence-electron chi connectivity index (χ2n) is 6.33. The molecule has 6 heteroatoms. The van der Waals surface area contributed by atoms with Crippen LogP contribution in [0, 0.1) is 13.8 Å². The Balaban J connectivity index is 2.03. The maximum atomic E-state index is 12.7. The molecule has 0 aliphatic heterocycles. The van der Waals surface area contributed by atoms with Gasteiger partial charge >= 0.3 is 5.97 Å². The van der Waals surface area contributed by atoms with E-state index >= 15 is 0 Å². The number of carbonyl (C=O) groups is 1. The van der Waals surface area contributed by atoms with E-state index in [9.17, 15) is 9.59 Å². The van der Waals surface area contributed by atoms with Crippen LogP contribution in [0.1, 0.15) is 34.1 Å². The number of ether oxygens (including phenoxy) is 2. The summed E-state index contributed by atoms with van der Waals surface area (Å²) in [7, 11) is 0. The molecule has 0 aliphatic carbocycles. The van der Waals surface area contributed by atoms with Gasteiger partial charge in [0.15, 0.2) is 5.75 Å². The van der Waals surface area contributed by atoms with Crippen LogP contribution >= 0.6 is 0 Å². The smallest absolute Gasteiger partial charge is 0.362 e. The zero-order valence-electron chi connectivity index (χ0n) is 16.1. The van der Waals surface area contributed by atoms with E-state index in [0.717, 1.165) is 16.7 Å².